The second kappa shape index (κ2) is 8.12. The number of anilines is 2. The maximum atomic E-state index is 12.6. The summed E-state index contributed by atoms with van der Waals surface area (Å²) in [4.78, 5) is 21.3. The van der Waals surface area contributed by atoms with E-state index in [1.807, 2.05) is 48.5 Å². The number of rotatable bonds is 4. The van der Waals surface area contributed by atoms with Crippen LogP contribution < -0.4 is 15.4 Å². The minimum atomic E-state index is -0.406. The van der Waals surface area contributed by atoms with E-state index in [9.17, 15) is 4.79 Å². The van der Waals surface area contributed by atoms with Crippen LogP contribution in [0.1, 0.15) is 26.3 Å². The Morgan fingerprint density at radius 1 is 0.967 bits per heavy atom. The van der Waals surface area contributed by atoms with Crippen molar-refractivity contribution in [1.29, 1.82) is 0 Å². The molecule has 0 atom stereocenters. The molecule has 0 bridgehead atoms. The molecular formula is C23H22N4O2S. The number of carbonyl (C=O) groups excluding carboxylic acids is 1. The minimum absolute atomic E-state index is 0.0941. The number of benzene rings is 2. The lowest BCUT2D eigenvalue weighted by molar-refractivity contribution is 0.262. The van der Waals surface area contributed by atoms with Crippen molar-refractivity contribution in [3.63, 3.8) is 0 Å². The number of urea groups is 1. The number of carbonyl (C=O) groups is 1. The molecule has 2 N–H and O–H groups in total. The van der Waals surface area contributed by atoms with Gasteiger partial charge in [0.05, 0.1) is 10.2 Å². The SMILES string of the molecule is CC(C)(C)c1ccccc1Oc1ncccc1NC(=O)Nc1nc2ccccc2s1. The highest BCUT2D eigenvalue weighted by atomic mass is 32.1. The molecule has 2 amide bonds. The van der Waals surface area contributed by atoms with Crippen molar-refractivity contribution < 1.29 is 9.53 Å². The van der Waals surface area contributed by atoms with Gasteiger partial charge in [0, 0.05) is 11.8 Å². The number of fused-ring (bicyclic) bond motifs is 1. The Hall–Kier alpha value is -3.45. The van der Waals surface area contributed by atoms with Gasteiger partial charge in [-0.1, -0.05) is 62.4 Å². The topological polar surface area (TPSA) is 76.1 Å². The van der Waals surface area contributed by atoms with Crippen molar-refractivity contribution in [2.75, 3.05) is 10.6 Å². The van der Waals surface area contributed by atoms with E-state index >= 15 is 0 Å². The molecule has 0 saturated heterocycles. The van der Waals surface area contributed by atoms with Gasteiger partial charge in [-0.25, -0.2) is 14.8 Å². The summed E-state index contributed by atoms with van der Waals surface area (Å²) in [6, 6.07) is 18.7. The van der Waals surface area contributed by atoms with Crippen LogP contribution in [0.5, 0.6) is 11.6 Å². The van der Waals surface area contributed by atoms with Crippen LogP contribution in [0.3, 0.4) is 0 Å². The average molecular weight is 419 g/mol. The van der Waals surface area contributed by atoms with E-state index in [1.54, 1.807) is 18.3 Å². The fourth-order valence-electron chi connectivity index (χ4n) is 3.02. The predicted molar refractivity (Wildman–Crippen MR) is 122 cm³/mol. The van der Waals surface area contributed by atoms with Crippen LogP contribution in [0.4, 0.5) is 15.6 Å². The molecule has 4 rings (SSSR count). The number of thiazole rings is 1. The van der Waals surface area contributed by atoms with Crippen LogP contribution >= 0.6 is 11.3 Å². The highest BCUT2D eigenvalue weighted by Crippen LogP contribution is 2.35. The Kier molecular flexibility index (Phi) is 5.37. The molecule has 6 nitrogen and oxygen atoms in total. The van der Waals surface area contributed by atoms with Gasteiger partial charge < -0.3 is 10.1 Å². The van der Waals surface area contributed by atoms with Gasteiger partial charge in [0.15, 0.2) is 5.13 Å². The molecule has 2 aromatic carbocycles. The molecule has 0 spiro atoms. The number of hydrogen-bond acceptors (Lipinski definition) is 5. The summed E-state index contributed by atoms with van der Waals surface area (Å²) < 4.78 is 7.11. The third kappa shape index (κ3) is 4.41. The van der Waals surface area contributed by atoms with E-state index in [1.165, 1.54) is 11.3 Å². The quantitative estimate of drug-likeness (QED) is 0.401. The van der Waals surface area contributed by atoms with Crippen LogP contribution in [0.25, 0.3) is 10.2 Å². The molecule has 2 heterocycles. The van der Waals surface area contributed by atoms with Gasteiger partial charge in [0.2, 0.25) is 5.88 Å². The van der Waals surface area contributed by atoms with Crippen LogP contribution in [0.2, 0.25) is 0 Å². The minimum Gasteiger partial charge on any atom is -0.437 e. The molecule has 30 heavy (non-hydrogen) atoms. The molecule has 0 fully saturated rings. The number of aromatic nitrogens is 2. The molecule has 0 aliphatic heterocycles. The largest absolute Gasteiger partial charge is 0.437 e. The van der Waals surface area contributed by atoms with E-state index in [4.69, 9.17) is 4.74 Å². The lowest BCUT2D eigenvalue weighted by Crippen LogP contribution is -2.20. The maximum absolute atomic E-state index is 12.6. The smallest absolute Gasteiger partial charge is 0.325 e. The van der Waals surface area contributed by atoms with Crippen molar-refractivity contribution in [3.05, 3.63) is 72.4 Å². The fraction of sp³-hybridized carbons (Fsp3) is 0.174. The standard InChI is InChI=1S/C23H22N4O2S/c1-23(2,3)15-9-4-6-12-18(15)29-20-17(11-8-14-24-20)25-21(28)27-22-26-16-10-5-7-13-19(16)30-22/h4-14H,1-3H3,(H2,25,26,27,28). The van der Waals surface area contributed by atoms with Crippen molar-refractivity contribution >= 4 is 38.4 Å². The molecule has 2 aromatic heterocycles. The van der Waals surface area contributed by atoms with Crippen molar-refractivity contribution in [2.24, 2.45) is 0 Å². The van der Waals surface area contributed by atoms with E-state index in [0.717, 1.165) is 15.8 Å². The van der Waals surface area contributed by atoms with E-state index in [-0.39, 0.29) is 5.41 Å². The number of hydrogen-bond donors (Lipinski definition) is 2. The summed E-state index contributed by atoms with van der Waals surface area (Å²) in [6.45, 7) is 6.37. The predicted octanol–water partition coefficient (Wildman–Crippen LogP) is 6.43. The Balaban J connectivity index is 1.53. The molecule has 0 aliphatic rings. The average Bonchev–Trinajstić information content (AvgIpc) is 3.11. The summed E-state index contributed by atoms with van der Waals surface area (Å²) in [5, 5.41) is 6.12. The normalized spacial score (nSPS) is 11.3. The lowest BCUT2D eigenvalue weighted by atomic mass is 9.86. The second-order valence-electron chi connectivity index (χ2n) is 7.77. The summed E-state index contributed by atoms with van der Waals surface area (Å²) in [5.74, 6) is 1.03. The lowest BCUT2D eigenvalue weighted by Gasteiger charge is -2.22. The summed E-state index contributed by atoms with van der Waals surface area (Å²) in [6.07, 6.45) is 1.63. The van der Waals surface area contributed by atoms with E-state index in [2.05, 4.69) is 41.4 Å². The van der Waals surface area contributed by atoms with Gasteiger partial charge >= 0.3 is 6.03 Å². The van der Waals surface area contributed by atoms with E-state index in [0.29, 0.717) is 22.4 Å². The monoisotopic (exact) mass is 418 g/mol. The fourth-order valence-corrected chi connectivity index (χ4v) is 3.88. The summed E-state index contributed by atoms with van der Waals surface area (Å²) in [7, 11) is 0. The Morgan fingerprint density at radius 2 is 1.73 bits per heavy atom. The number of ether oxygens (including phenoxy) is 1. The third-order valence-electron chi connectivity index (χ3n) is 4.44. The van der Waals surface area contributed by atoms with Crippen LogP contribution in [-0.2, 0) is 5.41 Å². The zero-order valence-electron chi connectivity index (χ0n) is 17.0. The van der Waals surface area contributed by atoms with Crippen molar-refractivity contribution in [1.82, 2.24) is 9.97 Å². The van der Waals surface area contributed by atoms with Gasteiger partial charge in [-0.2, -0.15) is 0 Å². The van der Waals surface area contributed by atoms with Gasteiger partial charge in [-0.3, -0.25) is 5.32 Å². The molecule has 152 valence electrons. The summed E-state index contributed by atoms with van der Waals surface area (Å²) >= 11 is 1.42. The Bertz CT molecular complexity index is 1160. The van der Waals surface area contributed by atoms with Crippen LogP contribution in [0.15, 0.2) is 66.9 Å². The molecule has 0 saturated carbocycles. The Morgan fingerprint density at radius 3 is 2.53 bits per heavy atom. The van der Waals surface area contributed by atoms with Crippen LogP contribution in [-0.4, -0.2) is 16.0 Å². The zero-order valence-corrected chi connectivity index (χ0v) is 17.8. The number of amides is 2. The third-order valence-corrected chi connectivity index (χ3v) is 5.39. The first-order chi connectivity index (χ1) is 14.4. The number of nitrogens with one attached hydrogen (secondary N) is 2. The highest BCUT2D eigenvalue weighted by Gasteiger charge is 2.20. The number of nitrogens with zero attached hydrogens (tertiary/aromatic N) is 2. The van der Waals surface area contributed by atoms with Gasteiger partial charge in [0.1, 0.15) is 11.4 Å². The molecule has 7 heteroatoms. The first kappa shape index (κ1) is 19.8. The Labute approximate surface area is 179 Å². The number of pyridine rings is 1. The second-order valence-corrected chi connectivity index (χ2v) is 8.80. The maximum Gasteiger partial charge on any atom is 0.325 e. The molecule has 0 unspecified atom stereocenters. The first-order valence-electron chi connectivity index (χ1n) is 9.56. The molecule has 0 radical (unpaired) electrons. The first-order valence-corrected chi connectivity index (χ1v) is 10.4. The number of para-hydroxylation sites is 2. The molecular weight excluding hydrogens is 396 g/mol. The van der Waals surface area contributed by atoms with E-state index < -0.39 is 6.03 Å². The molecule has 0 aliphatic carbocycles. The van der Waals surface area contributed by atoms with Gasteiger partial charge in [-0.05, 0) is 35.7 Å². The van der Waals surface area contributed by atoms with Gasteiger partial charge in [-0.15, -0.1) is 0 Å². The van der Waals surface area contributed by atoms with Gasteiger partial charge in [0.25, 0.3) is 0 Å². The highest BCUT2D eigenvalue weighted by molar-refractivity contribution is 7.22. The van der Waals surface area contributed by atoms with Crippen molar-refractivity contribution in [2.45, 2.75) is 26.2 Å². The van der Waals surface area contributed by atoms with Crippen LogP contribution in [0, 0.1) is 0 Å². The zero-order chi connectivity index (χ0) is 21.1. The summed E-state index contributed by atoms with van der Waals surface area (Å²) in [5.41, 5.74) is 2.28. The molecule has 4 aromatic rings. The van der Waals surface area contributed by atoms with Crippen molar-refractivity contribution in [3.8, 4) is 11.6 Å².